The van der Waals surface area contributed by atoms with Crippen LogP contribution < -0.4 is 5.32 Å². The van der Waals surface area contributed by atoms with Gasteiger partial charge in [0.1, 0.15) is 0 Å². The molecule has 2 unspecified atom stereocenters. The molecule has 2 fully saturated rings. The Morgan fingerprint density at radius 1 is 1.18 bits per heavy atom. The van der Waals surface area contributed by atoms with Crippen LogP contribution >= 0.6 is 12.4 Å². The Morgan fingerprint density at radius 2 is 1.91 bits per heavy atom. The van der Waals surface area contributed by atoms with Gasteiger partial charge in [0.2, 0.25) is 5.91 Å². The summed E-state index contributed by atoms with van der Waals surface area (Å²) in [5.74, 6) is 0.373. The standard InChI is InChI=1S/C18H26N2O.ClH/c1-14-5-7-15(8-6-14)3-2-4-18(21)20-16-9-10-17(20)13-19-12-11-16;/h5-8,16-17,19H,2-4,9-13H2,1H3;1H. The van der Waals surface area contributed by atoms with Gasteiger partial charge in [-0.05, 0) is 51.1 Å². The summed E-state index contributed by atoms with van der Waals surface area (Å²) in [4.78, 5) is 14.8. The van der Waals surface area contributed by atoms with E-state index in [-0.39, 0.29) is 12.4 Å². The van der Waals surface area contributed by atoms with Crippen LogP contribution in [0, 0.1) is 6.92 Å². The summed E-state index contributed by atoms with van der Waals surface area (Å²) in [5, 5.41) is 3.46. The first-order chi connectivity index (χ1) is 10.2. The number of halogens is 1. The third-order valence-electron chi connectivity index (χ3n) is 4.92. The normalized spacial score (nSPS) is 23.8. The van der Waals surface area contributed by atoms with Crippen LogP contribution in [0.3, 0.4) is 0 Å². The third kappa shape index (κ3) is 4.02. The van der Waals surface area contributed by atoms with Gasteiger partial charge in [-0.15, -0.1) is 12.4 Å². The number of nitrogens with zero attached hydrogens (tertiary/aromatic N) is 1. The van der Waals surface area contributed by atoms with Gasteiger partial charge in [0.05, 0.1) is 0 Å². The Bertz CT molecular complexity index is 474. The minimum Gasteiger partial charge on any atom is -0.335 e. The molecule has 0 spiro atoms. The monoisotopic (exact) mass is 322 g/mol. The number of carbonyl (C=O) groups is 1. The van der Waals surface area contributed by atoms with E-state index in [1.165, 1.54) is 24.0 Å². The van der Waals surface area contributed by atoms with E-state index in [9.17, 15) is 4.79 Å². The molecule has 1 aromatic carbocycles. The fourth-order valence-corrected chi connectivity index (χ4v) is 3.72. The zero-order valence-electron chi connectivity index (χ0n) is 13.4. The highest BCUT2D eigenvalue weighted by Crippen LogP contribution is 2.28. The minimum absolute atomic E-state index is 0. The van der Waals surface area contributed by atoms with Crippen molar-refractivity contribution in [3.05, 3.63) is 35.4 Å². The van der Waals surface area contributed by atoms with E-state index in [2.05, 4.69) is 41.4 Å². The van der Waals surface area contributed by atoms with E-state index in [1.807, 2.05) is 0 Å². The van der Waals surface area contributed by atoms with Crippen LogP contribution in [-0.2, 0) is 11.2 Å². The number of aryl methyl sites for hydroxylation is 2. The van der Waals surface area contributed by atoms with Gasteiger partial charge in [0.25, 0.3) is 0 Å². The van der Waals surface area contributed by atoms with Crippen molar-refractivity contribution in [1.29, 1.82) is 0 Å². The van der Waals surface area contributed by atoms with Gasteiger partial charge < -0.3 is 10.2 Å². The van der Waals surface area contributed by atoms with Gasteiger partial charge >= 0.3 is 0 Å². The Labute approximate surface area is 139 Å². The van der Waals surface area contributed by atoms with Crippen LogP contribution in [0.25, 0.3) is 0 Å². The van der Waals surface area contributed by atoms with Crippen molar-refractivity contribution in [3.63, 3.8) is 0 Å². The summed E-state index contributed by atoms with van der Waals surface area (Å²) < 4.78 is 0. The lowest BCUT2D eigenvalue weighted by molar-refractivity contribution is -0.133. The van der Waals surface area contributed by atoms with Crippen LogP contribution in [0.5, 0.6) is 0 Å². The zero-order chi connectivity index (χ0) is 14.7. The molecule has 2 heterocycles. The van der Waals surface area contributed by atoms with Crippen molar-refractivity contribution in [2.45, 2.75) is 57.5 Å². The zero-order valence-corrected chi connectivity index (χ0v) is 14.2. The summed E-state index contributed by atoms with van der Waals surface area (Å²) in [6.45, 7) is 4.16. The maximum atomic E-state index is 12.6. The molecule has 0 aromatic heterocycles. The summed E-state index contributed by atoms with van der Waals surface area (Å²) in [7, 11) is 0. The van der Waals surface area contributed by atoms with Gasteiger partial charge in [-0.25, -0.2) is 0 Å². The molecule has 0 saturated carbocycles. The van der Waals surface area contributed by atoms with Gasteiger partial charge in [-0.2, -0.15) is 0 Å². The van der Waals surface area contributed by atoms with Crippen molar-refractivity contribution in [3.8, 4) is 0 Å². The Hall–Kier alpha value is -1.06. The van der Waals surface area contributed by atoms with Crippen LogP contribution in [0.1, 0.15) is 43.2 Å². The highest BCUT2D eigenvalue weighted by Gasteiger charge is 2.37. The molecule has 2 aliphatic heterocycles. The van der Waals surface area contributed by atoms with Crippen LogP contribution in [0.2, 0.25) is 0 Å². The molecule has 2 bridgehead atoms. The lowest BCUT2D eigenvalue weighted by atomic mass is 10.1. The summed E-state index contributed by atoms with van der Waals surface area (Å²) in [6, 6.07) is 9.61. The molecule has 2 atom stereocenters. The highest BCUT2D eigenvalue weighted by molar-refractivity contribution is 5.85. The molecule has 2 saturated heterocycles. The van der Waals surface area contributed by atoms with E-state index in [4.69, 9.17) is 0 Å². The summed E-state index contributed by atoms with van der Waals surface area (Å²) in [5.41, 5.74) is 2.64. The average Bonchev–Trinajstić information content (AvgIpc) is 2.74. The molecule has 0 radical (unpaired) electrons. The molecular formula is C18H27ClN2O. The van der Waals surface area contributed by atoms with Crippen molar-refractivity contribution in [1.82, 2.24) is 10.2 Å². The first kappa shape index (κ1) is 17.3. The molecule has 1 aromatic rings. The molecule has 3 rings (SSSR count). The lowest BCUT2D eigenvalue weighted by Gasteiger charge is -2.28. The lowest BCUT2D eigenvalue weighted by Crippen LogP contribution is -2.42. The quantitative estimate of drug-likeness (QED) is 0.924. The summed E-state index contributed by atoms with van der Waals surface area (Å²) in [6.07, 6.45) is 6.18. The highest BCUT2D eigenvalue weighted by atomic mass is 35.5. The van der Waals surface area contributed by atoms with Crippen molar-refractivity contribution in [2.75, 3.05) is 13.1 Å². The second-order valence-corrected chi connectivity index (χ2v) is 6.52. The predicted octanol–water partition coefficient (Wildman–Crippen LogP) is 3.09. The SMILES string of the molecule is Cc1ccc(CCCC(=O)N2C3CCNCC2CC3)cc1.Cl. The molecular weight excluding hydrogens is 296 g/mol. The Morgan fingerprint density at radius 3 is 2.68 bits per heavy atom. The largest absolute Gasteiger partial charge is 0.335 e. The first-order valence-corrected chi connectivity index (χ1v) is 8.31. The van der Waals surface area contributed by atoms with Crippen molar-refractivity contribution in [2.24, 2.45) is 0 Å². The fraction of sp³-hybridized carbons (Fsp3) is 0.611. The number of amides is 1. The van der Waals surface area contributed by atoms with Crippen LogP contribution in [0.4, 0.5) is 0 Å². The van der Waals surface area contributed by atoms with Crippen LogP contribution in [-0.4, -0.2) is 36.0 Å². The van der Waals surface area contributed by atoms with Gasteiger partial charge in [0.15, 0.2) is 0 Å². The topological polar surface area (TPSA) is 32.3 Å². The smallest absolute Gasteiger partial charge is 0.223 e. The van der Waals surface area contributed by atoms with Crippen LogP contribution in [0.15, 0.2) is 24.3 Å². The number of nitrogens with one attached hydrogen (secondary N) is 1. The molecule has 3 nitrogen and oxygen atoms in total. The van der Waals surface area contributed by atoms with Gasteiger partial charge in [-0.3, -0.25) is 4.79 Å². The second-order valence-electron chi connectivity index (χ2n) is 6.52. The van der Waals surface area contributed by atoms with Crippen molar-refractivity contribution < 1.29 is 4.79 Å². The Kier molecular flexibility index (Phi) is 6.27. The molecule has 122 valence electrons. The number of hydrogen-bond donors (Lipinski definition) is 1. The molecule has 1 N–H and O–H groups in total. The first-order valence-electron chi connectivity index (χ1n) is 8.31. The molecule has 2 aliphatic rings. The van der Waals surface area contributed by atoms with Gasteiger partial charge in [0, 0.05) is 25.0 Å². The van der Waals surface area contributed by atoms with E-state index >= 15 is 0 Å². The fourth-order valence-electron chi connectivity index (χ4n) is 3.72. The van der Waals surface area contributed by atoms with E-state index < -0.39 is 0 Å². The molecule has 4 heteroatoms. The molecule has 22 heavy (non-hydrogen) atoms. The van der Waals surface area contributed by atoms with E-state index in [1.54, 1.807) is 0 Å². The summed E-state index contributed by atoms with van der Waals surface area (Å²) >= 11 is 0. The number of carbonyl (C=O) groups excluding carboxylic acids is 1. The minimum atomic E-state index is 0. The van der Waals surface area contributed by atoms with E-state index in [0.717, 1.165) is 32.4 Å². The van der Waals surface area contributed by atoms with E-state index in [0.29, 0.717) is 24.4 Å². The molecule has 0 aliphatic carbocycles. The number of rotatable bonds is 4. The average molecular weight is 323 g/mol. The maximum Gasteiger partial charge on any atom is 0.223 e. The Balaban J connectivity index is 0.00000176. The van der Waals surface area contributed by atoms with Gasteiger partial charge in [-0.1, -0.05) is 29.8 Å². The predicted molar refractivity (Wildman–Crippen MR) is 92.5 cm³/mol. The number of benzene rings is 1. The third-order valence-corrected chi connectivity index (χ3v) is 4.92. The number of fused-ring (bicyclic) bond motifs is 2. The number of hydrogen-bond acceptors (Lipinski definition) is 2. The maximum absolute atomic E-state index is 12.6. The molecule has 1 amide bonds. The second kappa shape index (κ2) is 7.98. The van der Waals surface area contributed by atoms with Crippen molar-refractivity contribution >= 4 is 18.3 Å².